The number of ether oxygens (including phenoxy) is 1. The Bertz CT molecular complexity index is 688. The molecule has 3 nitrogen and oxygen atoms in total. The molecule has 1 amide bonds. The second-order valence-corrected chi connectivity index (χ2v) is 5.82. The van der Waals surface area contributed by atoms with Crippen molar-refractivity contribution in [1.82, 2.24) is 0 Å². The predicted octanol–water partition coefficient (Wildman–Crippen LogP) is 4.29. The lowest BCUT2D eigenvalue weighted by Crippen LogP contribution is -2.12. The number of hydrogen-bond donors (Lipinski definition) is 1. The zero-order chi connectivity index (χ0) is 14.1. The molecule has 0 radical (unpaired) electrons. The molecule has 0 spiro atoms. The summed E-state index contributed by atoms with van der Waals surface area (Å²) in [5, 5.41) is 3.28. The monoisotopic (exact) mass is 351 g/mol. The molecule has 0 saturated heterocycles. The van der Waals surface area contributed by atoms with Crippen LogP contribution in [0.15, 0.2) is 40.9 Å². The molecule has 102 valence electrons. The van der Waals surface area contributed by atoms with Gasteiger partial charge in [0.05, 0.1) is 17.2 Å². The zero-order valence-corrected chi connectivity index (χ0v) is 12.8. The quantitative estimate of drug-likeness (QED) is 0.875. The van der Waals surface area contributed by atoms with Gasteiger partial charge < -0.3 is 10.1 Å². The number of halogens is 2. The summed E-state index contributed by atoms with van der Waals surface area (Å²) in [5.41, 5.74) is 2.30. The molecule has 0 fully saturated rings. The third-order valence-corrected chi connectivity index (χ3v) is 3.94. The minimum Gasteiger partial charge on any atom is -0.493 e. The number of carbonyl (C=O) groups excluding carboxylic acids is 1. The molecule has 0 aliphatic carbocycles. The fourth-order valence-corrected chi connectivity index (χ4v) is 2.70. The molecule has 2 aromatic carbocycles. The van der Waals surface area contributed by atoms with Gasteiger partial charge in [-0.1, -0.05) is 27.5 Å². The van der Waals surface area contributed by atoms with Crippen molar-refractivity contribution in [3.8, 4) is 5.75 Å². The maximum Gasteiger partial charge on any atom is 0.257 e. The van der Waals surface area contributed by atoms with Gasteiger partial charge in [0.15, 0.2) is 0 Å². The van der Waals surface area contributed by atoms with Crippen molar-refractivity contribution < 1.29 is 9.53 Å². The summed E-state index contributed by atoms with van der Waals surface area (Å²) in [4.78, 5) is 12.2. The van der Waals surface area contributed by atoms with E-state index < -0.39 is 0 Å². The van der Waals surface area contributed by atoms with Crippen molar-refractivity contribution in [2.75, 3.05) is 11.9 Å². The maximum atomic E-state index is 12.2. The molecule has 1 aliphatic heterocycles. The van der Waals surface area contributed by atoms with Crippen LogP contribution in [-0.2, 0) is 6.42 Å². The van der Waals surface area contributed by atoms with Gasteiger partial charge in [0.25, 0.3) is 5.91 Å². The summed E-state index contributed by atoms with van der Waals surface area (Å²) >= 11 is 9.38. The fourth-order valence-electron chi connectivity index (χ4n) is 2.13. The van der Waals surface area contributed by atoms with Crippen molar-refractivity contribution in [1.29, 1.82) is 0 Å². The van der Waals surface area contributed by atoms with Crippen LogP contribution in [0, 0.1) is 0 Å². The van der Waals surface area contributed by atoms with E-state index in [1.165, 1.54) is 0 Å². The second-order valence-electron chi connectivity index (χ2n) is 4.50. The first-order chi connectivity index (χ1) is 9.63. The molecule has 1 aliphatic rings. The Morgan fingerprint density at radius 1 is 1.25 bits per heavy atom. The lowest BCUT2D eigenvalue weighted by atomic mass is 10.1. The Hall–Kier alpha value is -1.52. The lowest BCUT2D eigenvalue weighted by molar-refractivity contribution is 0.102. The van der Waals surface area contributed by atoms with Gasteiger partial charge in [0.1, 0.15) is 5.75 Å². The van der Waals surface area contributed by atoms with Gasteiger partial charge in [0, 0.05) is 16.6 Å². The molecule has 20 heavy (non-hydrogen) atoms. The van der Waals surface area contributed by atoms with E-state index in [0.717, 1.165) is 27.9 Å². The zero-order valence-electron chi connectivity index (χ0n) is 10.5. The van der Waals surface area contributed by atoms with Crippen LogP contribution in [0.5, 0.6) is 5.75 Å². The first kappa shape index (κ1) is 13.5. The number of amides is 1. The Morgan fingerprint density at radius 3 is 2.95 bits per heavy atom. The number of rotatable bonds is 2. The lowest BCUT2D eigenvalue weighted by Gasteiger charge is -2.08. The molecule has 0 aromatic heterocycles. The Kier molecular flexibility index (Phi) is 3.68. The van der Waals surface area contributed by atoms with Gasteiger partial charge >= 0.3 is 0 Å². The highest BCUT2D eigenvalue weighted by atomic mass is 79.9. The highest BCUT2D eigenvalue weighted by molar-refractivity contribution is 9.10. The summed E-state index contributed by atoms with van der Waals surface area (Å²) in [6.45, 7) is 0.699. The van der Waals surface area contributed by atoms with Crippen molar-refractivity contribution >= 4 is 39.1 Å². The Labute approximate surface area is 130 Å². The topological polar surface area (TPSA) is 38.3 Å². The van der Waals surface area contributed by atoms with E-state index in [1.54, 1.807) is 18.2 Å². The van der Waals surface area contributed by atoms with Crippen molar-refractivity contribution in [3.05, 3.63) is 57.0 Å². The van der Waals surface area contributed by atoms with Crippen LogP contribution in [0.25, 0.3) is 0 Å². The van der Waals surface area contributed by atoms with Crippen LogP contribution in [-0.4, -0.2) is 12.5 Å². The number of anilines is 1. The van der Waals surface area contributed by atoms with Crippen LogP contribution < -0.4 is 10.1 Å². The summed E-state index contributed by atoms with van der Waals surface area (Å²) in [7, 11) is 0. The fraction of sp³-hybridized carbons (Fsp3) is 0.133. The average molecular weight is 353 g/mol. The van der Waals surface area contributed by atoms with Crippen LogP contribution in [0.3, 0.4) is 0 Å². The molecule has 0 unspecified atom stereocenters. The molecule has 1 heterocycles. The predicted molar refractivity (Wildman–Crippen MR) is 82.7 cm³/mol. The summed E-state index contributed by atoms with van der Waals surface area (Å²) in [5.74, 6) is 0.665. The molecule has 0 bridgehead atoms. The third-order valence-electron chi connectivity index (χ3n) is 3.12. The summed E-state index contributed by atoms with van der Waals surface area (Å²) in [6.07, 6.45) is 0.872. The van der Waals surface area contributed by atoms with Crippen LogP contribution in [0.2, 0.25) is 5.02 Å². The van der Waals surface area contributed by atoms with Gasteiger partial charge in [-0.15, -0.1) is 0 Å². The normalized spacial score (nSPS) is 12.7. The molecular weight excluding hydrogens is 342 g/mol. The van der Waals surface area contributed by atoms with E-state index in [2.05, 4.69) is 21.2 Å². The SMILES string of the molecule is O=C(Nc1ccc2c(c1)CCO2)c1cc(Br)ccc1Cl. The highest BCUT2D eigenvalue weighted by Gasteiger charge is 2.15. The largest absolute Gasteiger partial charge is 0.493 e. The first-order valence-corrected chi connectivity index (χ1v) is 7.33. The summed E-state index contributed by atoms with van der Waals surface area (Å²) < 4.78 is 6.25. The van der Waals surface area contributed by atoms with Crippen LogP contribution >= 0.6 is 27.5 Å². The van der Waals surface area contributed by atoms with Crippen molar-refractivity contribution in [3.63, 3.8) is 0 Å². The van der Waals surface area contributed by atoms with Crippen LogP contribution in [0.1, 0.15) is 15.9 Å². The Morgan fingerprint density at radius 2 is 2.10 bits per heavy atom. The highest BCUT2D eigenvalue weighted by Crippen LogP contribution is 2.28. The third kappa shape index (κ3) is 2.67. The van der Waals surface area contributed by atoms with Crippen molar-refractivity contribution in [2.24, 2.45) is 0 Å². The van der Waals surface area contributed by atoms with Gasteiger partial charge in [-0.3, -0.25) is 4.79 Å². The second kappa shape index (κ2) is 5.46. The average Bonchev–Trinajstić information content (AvgIpc) is 2.89. The molecule has 3 rings (SSSR count). The minimum atomic E-state index is -0.227. The molecule has 0 atom stereocenters. The van der Waals surface area contributed by atoms with E-state index in [1.807, 2.05) is 18.2 Å². The van der Waals surface area contributed by atoms with Gasteiger partial charge in [-0.25, -0.2) is 0 Å². The minimum absolute atomic E-state index is 0.227. The van der Waals surface area contributed by atoms with Gasteiger partial charge in [0.2, 0.25) is 0 Å². The van der Waals surface area contributed by atoms with E-state index >= 15 is 0 Å². The number of carbonyl (C=O) groups is 1. The Balaban J connectivity index is 1.84. The molecule has 5 heteroatoms. The number of benzene rings is 2. The van der Waals surface area contributed by atoms with Gasteiger partial charge in [-0.05, 0) is 42.0 Å². The van der Waals surface area contributed by atoms with Gasteiger partial charge in [-0.2, -0.15) is 0 Å². The smallest absolute Gasteiger partial charge is 0.257 e. The standard InChI is InChI=1S/C15H11BrClNO2/c16-10-1-3-13(17)12(8-10)15(19)18-11-2-4-14-9(7-11)5-6-20-14/h1-4,7-8H,5-6H2,(H,18,19). The molecule has 0 saturated carbocycles. The summed E-state index contributed by atoms with van der Waals surface area (Å²) in [6, 6.07) is 10.8. The van der Waals surface area contributed by atoms with E-state index in [-0.39, 0.29) is 5.91 Å². The van der Waals surface area contributed by atoms with E-state index in [0.29, 0.717) is 17.2 Å². The molecular formula is C15H11BrClNO2. The molecule has 1 N–H and O–H groups in total. The van der Waals surface area contributed by atoms with E-state index in [9.17, 15) is 4.79 Å². The number of hydrogen-bond acceptors (Lipinski definition) is 2. The van der Waals surface area contributed by atoms with Crippen LogP contribution in [0.4, 0.5) is 5.69 Å². The van der Waals surface area contributed by atoms with E-state index in [4.69, 9.17) is 16.3 Å². The first-order valence-electron chi connectivity index (χ1n) is 6.15. The van der Waals surface area contributed by atoms with Crippen molar-refractivity contribution in [2.45, 2.75) is 6.42 Å². The molecule has 2 aromatic rings. The number of fused-ring (bicyclic) bond motifs is 1. The maximum absolute atomic E-state index is 12.2. The number of nitrogens with one attached hydrogen (secondary N) is 1.